The van der Waals surface area contributed by atoms with Gasteiger partial charge >= 0.3 is 0 Å². The molecule has 0 aromatic carbocycles. The third-order valence-electron chi connectivity index (χ3n) is 8.17. The summed E-state index contributed by atoms with van der Waals surface area (Å²) in [5.74, 6) is 3.75. The van der Waals surface area contributed by atoms with Gasteiger partial charge in [-0.3, -0.25) is 9.59 Å². The molecule has 0 aromatic heterocycles. The molecule has 21 heavy (non-hydrogen) atoms. The number of carbonyl (C=O) groups is 2. The van der Waals surface area contributed by atoms with Gasteiger partial charge in [0, 0.05) is 18.3 Å². The predicted octanol–water partition coefficient (Wildman–Crippen LogP) is 3.70. The lowest BCUT2D eigenvalue weighted by Crippen LogP contribution is -2.60. The highest BCUT2D eigenvalue weighted by molar-refractivity contribution is 5.92. The van der Waals surface area contributed by atoms with E-state index in [9.17, 15) is 9.59 Å². The second kappa shape index (κ2) is 3.70. The van der Waals surface area contributed by atoms with Crippen LogP contribution < -0.4 is 0 Å². The number of allylic oxidation sites excluding steroid dienone is 1. The van der Waals surface area contributed by atoms with E-state index in [0.717, 1.165) is 43.9 Å². The molecule has 5 fully saturated rings. The monoisotopic (exact) mass is 284 g/mol. The van der Waals surface area contributed by atoms with Crippen molar-refractivity contribution in [3.05, 3.63) is 11.6 Å². The topological polar surface area (TPSA) is 34.1 Å². The lowest BCUT2D eigenvalue weighted by Gasteiger charge is -2.67. The Hall–Kier alpha value is -0.920. The molecule has 0 saturated heterocycles. The van der Waals surface area contributed by atoms with E-state index in [1.807, 2.05) is 6.08 Å². The molecule has 0 radical (unpaired) electrons. The van der Waals surface area contributed by atoms with Gasteiger partial charge in [-0.1, -0.05) is 12.5 Å². The van der Waals surface area contributed by atoms with Crippen LogP contribution in [0.4, 0.5) is 0 Å². The Morgan fingerprint density at radius 2 is 1.95 bits per heavy atom. The normalized spacial score (nSPS) is 54.2. The fourth-order valence-electron chi connectivity index (χ4n) is 7.21. The molecule has 6 unspecified atom stereocenters. The van der Waals surface area contributed by atoms with Crippen LogP contribution in [0.3, 0.4) is 0 Å². The van der Waals surface area contributed by atoms with Crippen molar-refractivity contribution in [1.82, 2.24) is 0 Å². The maximum atomic E-state index is 12.4. The van der Waals surface area contributed by atoms with Crippen LogP contribution in [0.1, 0.15) is 58.3 Å². The number of ketones is 2. The molecule has 0 aliphatic heterocycles. The Morgan fingerprint density at radius 1 is 1.10 bits per heavy atom. The number of hydrogen-bond donors (Lipinski definition) is 0. The largest absolute Gasteiger partial charge is 0.299 e. The van der Waals surface area contributed by atoms with E-state index in [4.69, 9.17) is 0 Å². The summed E-state index contributed by atoms with van der Waals surface area (Å²) in [4.78, 5) is 24.2. The van der Waals surface area contributed by atoms with Gasteiger partial charge in [-0.05, 0) is 73.7 Å². The maximum Gasteiger partial charge on any atom is 0.155 e. The number of Topliss-reactive ketones (excluding diaryl/α,β-unsaturated/α-hetero) is 1. The van der Waals surface area contributed by atoms with E-state index in [0.29, 0.717) is 28.8 Å². The first-order chi connectivity index (χ1) is 10.0. The second-order valence-corrected chi connectivity index (χ2v) is 8.65. The standard InChI is InChI=1S/C19H24O2/c1-18-6-5-15-13(14(18)2-3-17(18)21)8-11-10-19(15)7-4-12(20)9-16(11)19/h9,11,13-15H,2-8,10H2,1H3. The van der Waals surface area contributed by atoms with E-state index in [1.165, 1.54) is 24.8 Å². The molecule has 2 bridgehead atoms. The molecule has 6 rings (SSSR count). The SMILES string of the molecule is CC12CCC3C(CC4CC35CCC(=O)C=C45)C1CCC2=O. The van der Waals surface area contributed by atoms with Gasteiger partial charge in [-0.15, -0.1) is 0 Å². The van der Waals surface area contributed by atoms with Gasteiger partial charge in [0.1, 0.15) is 5.78 Å². The van der Waals surface area contributed by atoms with E-state index in [1.54, 1.807) is 0 Å². The smallest absolute Gasteiger partial charge is 0.155 e. The minimum Gasteiger partial charge on any atom is -0.299 e. The van der Waals surface area contributed by atoms with Crippen LogP contribution in [0, 0.1) is 34.5 Å². The molecule has 0 N–H and O–H groups in total. The van der Waals surface area contributed by atoms with Crippen molar-refractivity contribution < 1.29 is 9.59 Å². The summed E-state index contributed by atoms with van der Waals surface area (Å²) < 4.78 is 0. The fraction of sp³-hybridized carbons (Fsp3) is 0.789. The molecule has 6 aliphatic rings. The lowest BCUT2D eigenvalue weighted by molar-refractivity contribution is -0.143. The molecule has 6 atom stereocenters. The van der Waals surface area contributed by atoms with Crippen LogP contribution in [-0.4, -0.2) is 11.6 Å². The molecule has 0 heterocycles. The zero-order valence-corrected chi connectivity index (χ0v) is 12.9. The van der Waals surface area contributed by atoms with Crippen LogP contribution in [0.25, 0.3) is 0 Å². The van der Waals surface area contributed by atoms with Crippen LogP contribution in [-0.2, 0) is 9.59 Å². The minimum absolute atomic E-state index is 0.00402. The first-order valence-corrected chi connectivity index (χ1v) is 8.83. The number of fused-ring (bicyclic) bond motifs is 1. The van der Waals surface area contributed by atoms with Gasteiger partial charge in [0.15, 0.2) is 5.78 Å². The summed E-state index contributed by atoms with van der Waals surface area (Å²) >= 11 is 0. The number of carbonyl (C=O) groups excluding carboxylic acids is 2. The molecular weight excluding hydrogens is 260 g/mol. The zero-order valence-electron chi connectivity index (χ0n) is 12.9. The first-order valence-electron chi connectivity index (χ1n) is 8.83. The fourth-order valence-corrected chi connectivity index (χ4v) is 7.21. The van der Waals surface area contributed by atoms with Crippen molar-refractivity contribution in [3.63, 3.8) is 0 Å². The third-order valence-corrected chi connectivity index (χ3v) is 8.17. The van der Waals surface area contributed by atoms with E-state index in [-0.39, 0.29) is 5.41 Å². The van der Waals surface area contributed by atoms with Crippen molar-refractivity contribution in [2.45, 2.75) is 58.3 Å². The molecule has 2 nitrogen and oxygen atoms in total. The van der Waals surface area contributed by atoms with E-state index in [2.05, 4.69) is 6.92 Å². The average Bonchev–Trinajstić information content (AvgIpc) is 2.77. The highest BCUT2D eigenvalue weighted by Crippen LogP contribution is 2.73. The van der Waals surface area contributed by atoms with E-state index < -0.39 is 0 Å². The predicted molar refractivity (Wildman–Crippen MR) is 79.5 cm³/mol. The average molecular weight is 284 g/mol. The van der Waals surface area contributed by atoms with Crippen LogP contribution in [0.5, 0.6) is 0 Å². The summed E-state index contributed by atoms with van der Waals surface area (Å²) in [5, 5.41) is 0. The lowest BCUT2D eigenvalue weighted by atomic mass is 9.37. The summed E-state index contributed by atoms with van der Waals surface area (Å²) in [6, 6.07) is 0. The van der Waals surface area contributed by atoms with Gasteiger partial charge in [-0.25, -0.2) is 0 Å². The molecule has 5 saturated carbocycles. The Kier molecular flexibility index (Phi) is 2.22. The molecule has 6 aliphatic carbocycles. The molecular formula is C19H24O2. The Morgan fingerprint density at radius 3 is 2.81 bits per heavy atom. The molecule has 2 heteroatoms. The highest BCUT2D eigenvalue weighted by atomic mass is 16.1. The van der Waals surface area contributed by atoms with Crippen molar-refractivity contribution in [1.29, 1.82) is 0 Å². The summed E-state index contributed by atoms with van der Waals surface area (Å²) in [5.41, 5.74) is 1.90. The van der Waals surface area contributed by atoms with Gasteiger partial charge in [0.05, 0.1) is 0 Å². The number of rotatable bonds is 0. The molecule has 112 valence electrons. The Bertz CT molecular complexity index is 588. The third kappa shape index (κ3) is 1.31. The molecule has 0 aromatic rings. The maximum absolute atomic E-state index is 12.4. The van der Waals surface area contributed by atoms with Crippen molar-refractivity contribution in [2.75, 3.05) is 0 Å². The highest BCUT2D eigenvalue weighted by Gasteiger charge is 2.66. The summed E-state index contributed by atoms with van der Waals surface area (Å²) in [6.07, 6.45) is 10.8. The Balaban J connectivity index is 1.55. The molecule has 1 spiro atoms. The molecule has 0 amide bonds. The summed E-state index contributed by atoms with van der Waals surface area (Å²) in [6.45, 7) is 2.25. The zero-order chi connectivity index (χ0) is 14.4. The van der Waals surface area contributed by atoms with Gasteiger partial charge in [0.2, 0.25) is 0 Å². The van der Waals surface area contributed by atoms with Crippen LogP contribution in [0.15, 0.2) is 11.6 Å². The van der Waals surface area contributed by atoms with Crippen LogP contribution in [0.2, 0.25) is 0 Å². The minimum atomic E-state index is -0.00402. The van der Waals surface area contributed by atoms with Gasteiger partial charge in [0.25, 0.3) is 0 Å². The van der Waals surface area contributed by atoms with Crippen molar-refractivity contribution >= 4 is 11.6 Å². The van der Waals surface area contributed by atoms with Crippen LogP contribution >= 0.6 is 0 Å². The van der Waals surface area contributed by atoms with Gasteiger partial charge < -0.3 is 0 Å². The second-order valence-electron chi connectivity index (χ2n) is 8.65. The number of hydrogen-bond acceptors (Lipinski definition) is 2. The van der Waals surface area contributed by atoms with Crippen molar-refractivity contribution in [3.8, 4) is 0 Å². The van der Waals surface area contributed by atoms with Crippen molar-refractivity contribution in [2.24, 2.45) is 34.5 Å². The quantitative estimate of drug-likeness (QED) is 0.679. The Labute approximate surface area is 126 Å². The first kappa shape index (κ1) is 12.6. The van der Waals surface area contributed by atoms with Gasteiger partial charge in [-0.2, -0.15) is 0 Å². The van der Waals surface area contributed by atoms with E-state index >= 15 is 0 Å². The summed E-state index contributed by atoms with van der Waals surface area (Å²) in [7, 11) is 0.